The minimum Gasteiger partial charge on any atom is -0.469 e. The van der Waals surface area contributed by atoms with Crippen LogP contribution in [0.5, 0.6) is 0 Å². The first-order chi connectivity index (χ1) is 9.56. The van der Waals surface area contributed by atoms with Crippen LogP contribution in [0.1, 0.15) is 29.5 Å². The summed E-state index contributed by atoms with van der Waals surface area (Å²) >= 11 is 3.16. The summed E-state index contributed by atoms with van der Waals surface area (Å²) in [5.41, 5.74) is 0.0537. The Labute approximate surface area is 125 Å². The van der Waals surface area contributed by atoms with Crippen LogP contribution >= 0.6 is 15.9 Å². The van der Waals surface area contributed by atoms with Gasteiger partial charge in [-0.1, -0.05) is 15.9 Å². The molecule has 0 spiro atoms. The number of hydrogen-bond donors (Lipinski definition) is 1. The average molecular weight is 340 g/mol. The van der Waals surface area contributed by atoms with Gasteiger partial charge >= 0.3 is 0 Å². The van der Waals surface area contributed by atoms with Gasteiger partial charge in [-0.05, 0) is 43.7 Å². The molecule has 106 valence electrons. The van der Waals surface area contributed by atoms with Crippen molar-refractivity contribution in [2.45, 2.75) is 25.8 Å². The maximum atomic E-state index is 13.7. The summed E-state index contributed by atoms with van der Waals surface area (Å²) in [5.74, 6) is -0.0574. The zero-order valence-electron chi connectivity index (χ0n) is 11.0. The van der Waals surface area contributed by atoms with Crippen LogP contribution in [0.15, 0.2) is 45.5 Å². The van der Waals surface area contributed by atoms with Crippen molar-refractivity contribution in [3.8, 4) is 0 Å². The zero-order valence-corrected chi connectivity index (χ0v) is 12.6. The molecule has 2 aromatic rings. The number of carbonyl (C=O) groups excluding carboxylic acids is 1. The third-order valence-electron chi connectivity index (χ3n) is 2.96. The van der Waals surface area contributed by atoms with Crippen molar-refractivity contribution in [2.24, 2.45) is 0 Å². The van der Waals surface area contributed by atoms with Crippen molar-refractivity contribution in [3.05, 3.63) is 58.2 Å². The lowest BCUT2D eigenvalue weighted by molar-refractivity contribution is 0.0934. The van der Waals surface area contributed by atoms with E-state index in [1.165, 1.54) is 12.1 Å². The molecular formula is C15H15BrFNO2. The van der Waals surface area contributed by atoms with E-state index in [0.29, 0.717) is 4.47 Å². The Hall–Kier alpha value is -1.62. The number of rotatable bonds is 5. The zero-order chi connectivity index (χ0) is 14.5. The van der Waals surface area contributed by atoms with E-state index in [0.717, 1.165) is 18.6 Å². The molecule has 1 aromatic heterocycles. The Bertz CT molecular complexity index is 584. The molecule has 1 heterocycles. The van der Waals surface area contributed by atoms with E-state index < -0.39 is 11.7 Å². The van der Waals surface area contributed by atoms with Crippen LogP contribution in [0.4, 0.5) is 4.39 Å². The van der Waals surface area contributed by atoms with Crippen molar-refractivity contribution in [1.82, 2.24) is 5.32 Å². The molecule has 5 heteroatoms. The number of furan rings is 1. The molecule has 1 atom stereocenters. The highest BCUT2D eigenvalue weighted by molar-refractivity contribution is 9.10. The monoisotopic (exact) mass is 339 g/mol. The molecular weight excluding hydrogens is 325 g/mol. The quantitative estimate of drug-likeness (QED) is 0.896. The first-order valence-corrected chi connectivity index (χ1v) is 7.14. The number of benzene rings is 1. The summed E-state index contributed by atoms with van der Waals surface area (Å²) in [4.78, 5) is 12.0. The maximum Gasteiger partial charge on any atom is 0.254 e. The van der Waals surface area contributed by atoms with Crippen LogP contribution in [-0.4, -0.2) is 11.9 Å². The molecule has 3 nitrogen and oxygen atoms in total. The second-order valence-corrected chi connectivity index (χ2v) is 5.53. The molecule has 1 unspecified atom stereocenters. The lowest BCUT2D eigenvalue weighted by Gasteiger charge is -2.13. The lowest BCUT2D eigenvalue weighted by Crippen LogP contribution is -2.33. The summed E-state index contributed by atoms with van der Waals surface area (Å²) in [6, 6.07) is 8.05. The van der Waals surface area contributed by atoms with Gasteiger partial charge in [0.2, 0.25) is 0 Å². The van der Waals surface area contributed by atoms with Gasteiger partial charge in [-0.3, -0.25) is 4.79 Å². The average Bonchev–Trinajstić information content (AvgIpc) is 2.89. The molecule has 0 aliphatic heterocycles. The van der Waals surface area contributed by atoms with Crippen LogP contribution < -0.4 is 5.32 Å². The SMILES string of the molecule is CC(CCc1ccco1)NC(=O)c1ccc(Br)cc1F. The number of halogens is 2. The van der Waals surface area contributed by atoms with Crippen LogP contribution in [0.2, 0.25) is 0 Å². The van der Waals surface area contributed by atoms with Crippen molar-refractivity contribution in [2.75, 3.05) is 0 Å². The van der Waals surface area contributed by atoms with Gasteiger partial charge < -0.3 is 9.73 Å². The number of hydrogen-bond acceptors (Lipinski definition) is 2. The smallest absolute Gasteiger partial charge is 0.254 e. The molecule has 0 bridgehead atoms. The molecule has 0 saturated carbocycles. The van der Waals surface area contributed by atoms with E-state index in [4.69, 9.17) is 4.42 Å². The second kappa shape index (κ2) is 6.70. The Morgan fingerprint density at radius 3 is 2.90 bits per heavy atom. The first kappa shape index (κ1) is 14.8. The molecule has 0 aliphatic rings. The molecule has 0 aliphatic carbocycles. The first-order valence-electron chi connectivity index (χ1n) is 6.34. The fourth-order valence-electron chi connectivity index (χ4n) is 1.86. The molecule has 0 saturated heterocycles. The van der Waals surface area contributed by atoms with Crippen LogP contribution in [0.3, 0.4) is 0 Å². The predicted octanol–water partition coefficient (Wildman–Crippen LogP) is 3.93. The number of amides is 1. The summed E-state index contributed by atoms with van der Waals surface area (Å²) in [5, 5.41) is 2.78. The van der Waals surface area contributed by atoms with Crippen LogP contribution in [0, 0.1) is 5.82 Å². The normalized spacial score (nSPS) is 12.2. The van der Waals surface area contributed by atoms with Crippen molar-refractivity contribution >= 4 is 21.8 Å². The van der Waals surface area contributed by atoms with Gasteiger partial charge in [-0.25, -0.2) is 4.39 Å². The number of aryl methyl sites for hydroxylation is 1. The summed E-state index contributed by atoms with van der Waals surface area (Å²) in [6.07, 6.45) is 3.09. The van der Waals surface area contributed by atoms with Gasteiger partial charge in [-0.15, -0.1) is 0 Å². The van der Waals surface area contributed by atoms with Crippen molar-refractivity contribution < 1.29 is 13.6 Å². The largest absolute Gasteiger partial charge is 0.469 e. The standard InChI is InChI=1S/C15H15BrFNO2/c1-10(4-6-12-3-2-8-20-12)18-15(19)13-7-5-11(16)9-14(13)17/h2-3,5,7-10H,4,6H2,1H3,(H,18,19). The predicted molar refractivity (Wildman–Crippen MR) is 78.1 cm³/mol. The lowest BCUT2D eigenvalue weighted by atomic mass is 10.1. The van der Waals surface area contributed by atoms with E-state index in [1.54, 1.807) is 12.3 Å². The molecule has 0 fully saturated rings. The van der Waals surface area contributed by atoms with Crippen LogP contribution in [0.25, 0.3) is 0 Å². The molecule has 1 N–H and O–H groups in total. The molecule has 0 radical (unpaired) electrons. The minimum atomic E-state index is -0.532. The fourth-order valence-corrected chi connectivity index (χ4v) is 2.19. The third-order valence-corrected chi connectivity index (χ3v) is 3.45. The second-order valence-electron chi connectivity index (χ2n) is 4.62. The van der Waals surface area contributed by atoms with E-state index in [9.17, 15) is 9.18 Å². The third kappa shape index (κ3) is 3.93. The van der Waals surface area contributed by atoms with Crippen LogP contribution in [-0.2, 0) is 6.42 Å². The van der Waals surface area contributed by atoms with Gasteiger partial charge in [0.25, 0.3) is 5.91 Å². The number of carbonyl (C=O) groups is 1. The fraction of sp³-hybridized carbons (Fsp3) is 0.267. The van der Waals surface area contributed by atoms with Crippen molar-refractivity contribution in [3.63, 3.8) is 0 Å². The van der Waals surface area contributed by atoms with E-state index >= 15 is 0 Å². The Morgan fingerprint density at radius 2 is 2.25 bits per heavy atom. The van der Waals surface area contributed by atoms with Gasteiger partial charge in [0.05, 0.1) is 11.8 Å². The van der Waals surface area contributed by atoms with Gasteiger partial charge in [-0.2, -0.15) is 0 Å². The summed E-state index contributed by atoms with van der Waals surface area (Å²) < 4.78 is 19.5. The number of nitrogens with one attached hydrogen (secondary N) is 1. The molecule has 2 rings (SSSR count). The van der Waals surface area contributed by atoms with Gasteiger partial charge in [0.15, 0.2) is 0 Å². The van der Waals surface area contributed by atoms with E-state index in [1.807, 2.05) is 19.1 Å². The Morgan fingerprint density at radius 1 is 1.45 bits per heavy atom. The highest BCUT2D eigenvalue weighted by atomic mass is 79.9. The molecule has 1 aromatic carbocycles. The minimum absolute atomic E-state index is 0.0537. The Kier molecular flexibility index (Phi) is 4.95. The highest BCUT2D eigenvalue weighted by Gasteiger charge is 2.14. The van der Waals surface area contributed by atoms with Gasteiger partial charge in [0, 0.05) is 16.9 Å². The topological polar surface area (TPSA) is 42.2 Å². The Balaban J connectivity index is 1.90. The summed E-state index contributed by atoms with van der Waals surface area (Å²) in [6.45, 7) is 1.89. The van der Waals surface area contributed by atoms with E-state index in [2.05, 4.69) is 21.2 Å². The molecule has 1 amide bonds. The highest BCUT2D eigenvalue weighted by Crippen LogP contribution is 2.15. The molecule has 20 heavy (non-hydrogen) atoms. The van der Waals surface area contributed by atoms with Gasteiger partial charge in [0.1, 0.15) is 11.6 Å². The van der Waals surface area contributed by atoms with Crippen molar-refractivity contribution in [1.29, 1.82) is 0 Å². The maximum absolute atomic E-state index is 13.7. The van der Waals surface area contributed by atoms with E-state index in [-0.39, 0.29) is 11.6 Å². The summed E-state index contributed by atoms with van der Waals surface area (Å²) in [7, 11) is 0.